The maximum absolute atomic E-state index is 8.32. The van der Waals surface area contributed by atoms with Crippen LogP contribution in [0.3, 0.4) is 0 Å². The molecule has 11 heavy (non-hydrogen) atoms. The fourth-order valence-corrected chi connectivity index (χ4v) is 0.854. The zero-order valence-corrected chi connectivity index (χ0v) is 7.26. The summed E-state index contributed by atoms with van der Waals surface area (Å²) in [4.78, 5) is 0. The van der Waals surface area contributed by atoms with Crippen LogP contribution in [0.25, 0.3) is 0 Å². The Labute approximate surface area is 68.5 Å². The molecule has 2 nitrogen and oxygen atoms in total. The molecule has 0 saturated carbocycles. The Balaban J connectivity index is 3.55. The first-order valence-electron chi connectivity index (χ1n) is 3.97. The van der Waals surface area contributed by atoms with Gasteiger partial charge in [-0.1, -0.05) is 19.8 Å². The van der Waals surface area contributed by atoms with Crippen LogP contribution >= 0.6 is 0 Å². The molecule has 0 aromatic heterocycles. The molecule has 0 spiro atoms. The molecule has 0 aliphatic carbocycles. The molecule has 0 bridgehead atoms. The van der Waals surface area contributed by atoms with E-state index in [1.165, 1.54) is 18.9 Å². The molecule has 0 saturated heterocycles. The number of allylic oxidation sites excluding steroid dienone is 2. The highest BCUT2D eigenvalue weighted by atomic mass is 16.5. The van der Waals surface area contributed by atoms with E-state index < -0.39 is 0 Å². The van der Waals surface area contributed by atoms with E-state index in [9.17, 15) is 0 Å². The Bertz CT molecular complexity index is 155. The second-order valence-corrected chi connectivity index (χ2v) is 2.40. The van der Waals surface area contributed by atoms with Crippen molar-refractivity contribution < 1.29 is 4.74 Å². The predicted molar refractivity (Wildman–Crippen MR) is 44.8 cm³/mol. The molecule has 0 rings (SSSR count). The molecule has 0 aliphatic heterocycles. The smallest absolute Gasteiger partial charge is 0.106 e. The first kappa shape index (κ1) is 10.0. The van der Waals surface area contributed by atoms with E-state index in [1.807, 2.05) is 6.07 Å². The lowest BCUT2D eigenvalue weighted by Crippen LogP contribution is -1.86. The summed E-state index contributed by atoms with van der Waals surface area (Å²) in [5, 5.41) is 8.32. The molecular weight excluding hydrogens is 138 g/mol. The van der Waals surface area contributed by atoms with E-state index in [4.69, 9.17) is 10.00 Å². The van der Waals surface area contributed by atoms with Gasteiger partial charge in [-0.25, -0.2) is 0 Å². The lowest BCUT2D eigenvalue weighted by Gasteiger charge is -2.02. The Morgan fingerprint density at radius 2 is 2.27 bits per heavy atom. The molecule has 0 aliphatic rings. The van der Waals surface area contributed by atoms with Gasteiger partial charge in [0, 0.05) is 6.42 Å². The maximum Gasteiger partial charge on any atom is 0.106 e. The molecule has 0 aromatic rings. The van der Waals surface area contributed by atoms with Crippen LogP contribution < -0.4 is 0 Å². The number of ether oxygens (including phenoxy) is 1. The van der Waals surface area contributed by atoms with Crippen LogP contribution in [0.4, 0.5) is 0 Å². The van der Waals surface area contributed by atoms with E-state index in [2.05, 4.69) is 6.92 Å². The summed E-state index contributed by atoms with van der Waals surface area (Å²) in [6.45, 7) is 2.15. The van der Waals surface area contributed by atoms with Gasteiger partial charge in [-0.15, -0.1) is 0 Å². The van der Waals surface area contributed by atoms with Crippen molar-refractivity contribution in [3.8, 4) is 6.07 Å². The first-order valence-corrected chi connectivity index (χ1v) is 3.97. The van der Waals surface area contributed by atoms with Crippen molar-refractivity contribution in [3.63, 3.8) is 0 Å². The normalized spacial score (nSPS) is 10.8. The SMILES string of the molecule is CCCCC/C(=C/C#N)OC. The lowest BCUT2D eigenvalue weighted by atomic mass is 10.2. The highest BCUT2D eigenvalue weighted by molar-refractivity contribution is 5.07. The lowest BCUT2D eigenvalue weighted by molar-refractivity contribution is 0.274. The largest absolute Gasteiger partial charge is 0.500 e. The average molecular weight is 153 g/mol. The van der Waals surface area contributed by atoms with E-state index in [0.29, 0.717) is 0 Å². The van der Waals surface area contributed by atoms with Gasteiger partial charge in [0.05, 0.1) is 19.3 Å². The van der Waals surface area contributed by atoms with Crippen molar-refractivity contribution in [1.82, 2.24) is 0 Å². The van der Waals surface area contributed by atoms with Crippen molar-refractivity contribution in [3.05, 3.63) is 11.8 Å². The third kappa shape index (κ3) is 5.47. The minimum absolute atomic E-state index is 0.793. The number of rotatable bonds is 5. The van der Waals surface area contributed by atoms with E-state index >= 15 is 0 Å². The number of methoxy groups -OCH3 is 1. The second-order valence-electron chi connectivity index (χ2n) is 2.40. The van der Waals surface area contributed by atoms with Crippen LogP contribution in [0, 0.1) is 11.3 Å². The molecule has 0 N–H and O–H groups in total. The van der Waals surface area contributed by atoms with Gasteiger partial charge in [0.15, 0.2) is 0 Å². The molecule has 0 aromatic carbocycles. The highest BCUT2D eigenvalue weighted by Crippen LogP contribution is 2.08. The van der Waals surface area contributed by atoms with Crippen LogP contribution in [0.2, 0.25) is 0 Å². The number of hydrogen-bond donors (Lipinski definition) is 0. The molecule has 0 fully saturated rings. The van der Waals surface area contributed by atoms with Gasteiger partial charge in [-0.2, -0.15) is 5.26 Å². The maximum atomic E-state index is 8.32. The average Bonchev–Trinajstić information content (AvgIpc) is 2.03. The number of nitriles is 1. The fourth-order valence-electron chi connectivity index (χ4n) is 0.854. The van der Waals surface area contributed by atoms with Gasteiger partial charge in [0.2, 0.25) is 0 Å². The van der Waals surface area contributed by atoms with Gasteiger partial charge in [-0.05, 0) is 6.42 Å². The summed E-state index contributed by atoms with van der Waals surface area (Å²) in [5.74, 6) is 0.793. The first-order chi connectivity index (χ1) is 5.35. The molecular formula is C9H15NO. The molecule has 0 amide bonds. The summed E-state index contributed by atoms with van der Waals surface area (Å²) in [5.41, 5.74) is 0. The van der Waals surface area contributed by atoms with Crippen LogP contribution in [0.15, 0.2) is 11.8 Å². The van der Waals surface area contributed by atoms with Crippen molar-refractivity contribution in [2.75, 3.05) is 7.11 Å². The standard InChI is InChI=1S/C9H15NO/c1-3-4-5-6-9(11-2)7-8-10/h7H,3-6H2,1-2H3/b9-7-. The molecule has 62 valence electrons. The van der Waals surface area contributed by atoms with Crippen LogP contribution in [-0.2, 0) is 4.74 Å². The molecule has 0 unspecified atom stereocenters. The van der Waals surface area contributed by atoms with E-state index in [1.54, 1.807) is 7.11 Å². The number of hydrogen-bond acceptors (Lipinski definition) is 2. The van der Waals surface area contributed by atoms with Gasteiger partial charge in [-0.3, -0.25) is 0 Å². The van der Waals surface area contributed by atoms with Crippen LogP contribution in [0.5, 0.6) is 0 Å². The summed E-state index contributed by atoms with van der Waals surface area (Å²) < 4.78 is 4.98. The van der Waals surface area contributed by atoms with Gasteiger partial charge in [0.1, 0.15) is 5.76 Å². The number of unbranched alkanes of at least 4 members (excludes halogenated alkanes) is 2. The van der Waals surface area contributed by atoms with Gasteiger partial charge < -0.3 is 4.74 Å². The molecule has 0 atom stereocenters. The Morgan fingerprint density at radius 3 is 2.73 bits per heavy atom. The zero-order chi connectivity index (χ0) is 8.53. The Hall–Kier alpha value is -0.970. The highest BCUT2D eigenvalue weighted by Gasteiger charge is 1.94. The minimum atomic E-state index is 0.793. The predicted octanol–water partition coefficient (Wildman–Crippen LogP) is 2.62. The minimum Gasteiger partial charge on any atom is -0.500 e. The third-order valence-electron chi connectivity index (χ3n) is 1.51. The topological polar surface area (TPSA) is 33.0 Å². The molecule has 2 heteroatoms. The fraction of sp³-hybridized carbons (Fsp3) is 0.667. The van der Waals surface area contributed by atoms with E-state index in [0.717, 1.165) is 18.6 Å². The monoisotopic (exact) mass is 153 g/mol. The van der Waals surface area contributed by atoms with Crippen LogP contribution in [0.1, 0.15) is 32.6 Å². The van der Waals surface area contributed by atoms with Gasteiger partial charge >= 0.3 is 0 Å². The van der Waals surface area contributed by atoms with Crippen LogP contribution in [-0.4, -0.2) is 7.11 Å². The number of nitrogens with zero attached hydrogens (tertiary/aromatic N) is 1. The Kier molecular flexibility index (Phi) is 6.51. The summed E-state index contributed by atoms with van der Waals surface area (Å²) in [7, 11) is 1.61. The zero-order valence-electron chi connectivity index (χ0n) is 7.26. The summed E-state index contributed by atoms with van der Waals surface area (Å²) >= 11 is 0. The molecule has 0 heterocycles. The van der Waals surface area contributed by atoms with Gasteiger partial charge in [0.25, 0.3) is 0 Å². The van der Waals surface area contributed by atoms with Crippen molar-refractivity contribution >= 4 is 0 Å². The second kappa shape index (κ2) is 7.14. The van der Waals surface area contributed by atoms with Crippen molar-refractivity contribution in [2.24, 2.45) is 0 Å². The van der Waals surface area contributed by atoms with E-state index in [-0.39, 0.29) is 0 Å². The molecule has 0 radical (unpaired) electrons. The van der Waals surface area contributed by atoms with Crippen molar-refractivity contribution in [2.45, 2.75) is 32.6 Å². The quantitative estimate of drug-likeness (QED) is 0.345. The summed E-state index contributed by atoms with van der Waals surface area (Å²) in [6.07, 6.45) is 5.86. The Morgan fingerprint density at radius 1 is 1.55 bits per heavy atom. The van der Waals surface area contributed by atoms with Crippen molar-refractivity contribution in [1.29, 1.82) is 5.26 Å². The summed E-state index contributed by atoms with van der Waals surface area (Å²) in [6, 6.07) is 1.96. The third-order valence-corrected chi connectivity index (χ3v) is 1.51.